The number of hydrogen-bond acceptors (Lipinski definition) is 4. The Kier molecular flexibility index (Phi) is 3.74. The van der Waals surface area contributed by atoms with E-state index < -0.39 is 11.5 Å². The van der Waals surface area contributed by atoms with Gasteiger partial charge in [0.1, 0.15) is 11.4 Å². The third kappa shape index (κ3) is 3.69. The molecular weight excluding hydrogens is 228 g/mol. The number of aromatic nitrogens is 2. The highest BCUT2D eigenvalue weighted by molar-refractivity contribution is 7.99. The van der Waals surface area contributed by atoms with Gasteiger partial charge in [-0.3, -0.25) is 4.79 Å². The van der Waals surface area contributed by atoms with Crippen molar-refractivity contribution in [1.82, 2.24) is 9.97 Å². The van der Waals surface area contributed by atoms with E-state index in [9.17, 15) is 9.59 Å². The maximum absolute atomic E-state index is 11.3. The van der Waals surface area contributed by atoms with Gasteiger partial charge in [-0.15, -0.1) is 11.8 Å². The summed E-state index contributed by atoms with van der Waals surface area (Å²) in [5.74, 6) is -0.211. The molecule has 2 N–H and O–H groups in total. The summed E-state index contributed by atoms with van der Waals surface area (Å²) in [5.41, 5.74) is -0.934. The molecule has 0 aromatic carbocycles. The normalized spacial score (nSPS) is 11.4. The number of thioether (sulfide) groups is 1. The molecule has 5 nitrogen and oxygen atoms in total. The van der Waals surface area contributed by atoms with Crippen molar-refractivity contribution in [2.24, 2.45) is 0 Å². The number of nitrogens with one attached hydrogen (secondary N) is 1. The molecule has 1 rings (SSSR count). The molecule has 16 heavy (non-hydrogen) atoms. The third-order valence-corrected chi connectivity index (χ3v) is 3.01. The molecule has 0 fully saturated rings. The second-order valence-corrected chi connectivity index (χ2v) is 6.08. The lowest BCUT2D eigenvalue weighted by atomic mass is 10.3. The highest BCUT2D eigenvalue weighted by Crippen LogP contribution is 2.25. The van der Waals surface area contributed by atoms with Crippen LogP contribution in [0.5, 0.6) is 0 Å². The summed E-state index contributed by atoms with van der Waals surface area (Å²) >= 11 is 1.63. The topological polar surface area (TPSA) is 83.0 Å². The molecule has 0 saturated carbocycles. The molecule has 0 spiro atoms. The third-order valence-electron chi connectivity index (χ3n) is 1.72. The summed E-state index contributed by atoms with van der Waals surface area (Å²) in [6.45, 7) is 6.17. The van der Waals surface area contributed by atoms with Gasteiger partial charge in [-0.1, -0.05) is 20.8 Å². The average Bonchev–Trinajstić information content (AvgIpc) is 2.13. The Morgan fingerprint density at radius 1 is 1.56 bits per heavy atom. The van der Waals surface area contributed by atoms with Crippen LogP contribution < -0.4 is 5.56 Å². The van der Waals surface area contributed by atoms with Crippen molar-refractivity contribution >= 4 is 17.7 Å². The van der Waals surface area contributed by atoms with Crippen LogP contribution in [0.4, 0.5) is 0 Å². The van der Waals surface area contributed by atoms with Crippen LogP contribution in [0.1, 0.15) is 37.0 Å². The molecule has 1 heterocycles. The fraction of sp³-hybridized carbons (Fsp3) is 0.500. The monoisotopic (exact) mass is 242 g/mol. The number of H-pyrrole nitrogens is 1. The Balaban J connectivity index is 2.82. The highest BCUT2D eigenvalue weighted by atomic mass is 32.2. The summed E-state index contributed by atoms with van der Waals surface area (Å²) in [4.78, 5) is 28.3. The molecule has 0 aliphatic heterocycles. The number of rotatable bonds is 3. The molecule has 1 aromatic rings. The number of carboxylic acid groups (broad SMARTS) is 1. The van der Waals surface area contributed by atoms with E-state index in [0.717, 1.165) is 6.20 Å². The minimum Gasteiger partial charge on any atom is -0.477 e. The van der Waals surface area contributed by atoms with Gasteiger partial charge < -0.3 is 10.1 Å². The summed E-state index contributed by atoms with van der Waals surface area (Å²) < 4.78 is 0.0734. The second-order valence-electron chi connectivity index (χ2n) is 4.28. The van der Waals surface area contributed by atoms with Crippen LogP contribution in [0.15, 0.2) is 11.0 Å². The molecule has 0 aliphatic carbocycles. The smallest absolute Gasteiger partial charge is 0.342 e. The van der Waals surface area contributed by atoms with Crippen molar-refractivity contribution in [1.29, 1.82) is 0 Å². The van der Waals surface area contributed by atoms with Gasteiger partial charge in [0, 0.05) is 10.9 Å². The van der Waals surface area contributed by atoms with Crippen molar-refractivity contribution < 1.29 is 9.90 Å². The molecule has 0 unspecified atom stereocenters. The zero-order valence-electron chi connectivity index (χ0n) is 9.40. The van der Waals surface area contributed by atoms with Gasteiger partial charge in [0.05, 0.1) is 5.75 Å². The Bertz CT molecular complexity index is 448. The predicted molar refractivity (Wildman–Crippen MR) is 62.9 cm³/mol. The summed E-state index contributed by atoms with van der Waals surface area (Å²) in [5, 5.41) is 8.65. The van der Waals surface area contributed by atoms with E-state index in [4.69, 9.17) is 5.11 Å². The quantitative estimate of drug-likeness (QED) is 0.839. The first-order valence-corrected chi connectivity index (χ1v) is 5.73. The first kappa shape index (κ1) is 12.8. The molecule has 0 saturated heterocycles. The van der Waals surface area contributed by atoms with Crippen LogP contribution in [-0.4, -0.2) is 25.8 Å². The second kappa shape index (κ2) is 4.69. The SMILES string of the molecule is CC(C)(C)SCc1ncc(C(=O)O)c(=O)[nH]1. The highest BCUT2D eigenvalue weighted by Gasteiger charge is 2.13. The minimum absolute atomic E-state index is 0.0734. The van der Waals surface area contributed by atoms with E-state index >= 15 is 0 Å². The van der Waals surface area contributed by atoms with Crippen LogP contribution in [0.2, 0.25) is 0 Å². The van der Waals surface area contributed by atoms with Gasteiger partial charge in [0.2, 0.25) is 0 Å². The van der Waals surface area contributed by atoms with Crippen LogP contribution in [0.25, 0.3) is 0 Å². The zero-order valence-corrected chi connectivity index (χ0v) is 10.2. The van der Waals surface area contributed by atoms with Gasteiger partial charge in [-0.05, 0) is 0 Å². The molecule has 0 bridgehead atoms. The van der Waals surface area contributed by atoms with Crippen LogP contribution in [0, 0.1) is 0 Å². The Morgan fingerprint density at radius 2 is 2.19 bits per heavy atom. The van der Waals surface area contributed by atoms with E-state index in [2.05, 4.69) is 30.7 Å². The van der Waals surface area contributed by atoms with Gasteiger partial charge >= 0.3 is 5.97 Å². The van der Waals surface area contributed by atoms with Gasteiger partial charge in [-0.2, -0.15) is 0 Å². The number of nitrogens with zero attached hydrogens (tertiary/aromatic N) is 1. The van der Waals surface area contributed by atoms with E-state index in [1.54, 1.807) is 11.8 Å². The van der Waals surface area contributed by atoms with Gasteiger partial charge in [-0.25, -0.2) is 9.78 Å². The molecular formula is C10H14N2O3S. The molecule has 0 atom stereocenters. The maximum Gasteiger partial charge on any atom is 0.342 e. The number of aromatic amines is 1. The van der Waals surface area contributed by atoms with E-state index in [0.29, 0.717) is 11.6 Å². The summed E-state index contributed by atoms with van der Waals surface area (Å²) in [6, 6.07) is 0. The lowest BCUT2D eigenvalue weighted by Gasteiger charge is -2.16. The average molecular weight is 242 g/mol. The van der Waals surface area contributed by atoms with Crippen molar-refractivity contribution in [2.45, 2.75) is 31.3 Å². The molecule has 6 heteroatoms. The lowest BCUT2D eigenvalue weighted by Crippen LogP contribution is -2.20. The van der Waals surface area contributed by atoms with E-state index in [1.807, 2.05) is 0 Å². The van der Waals surface area contributed by atoms with E-state index in [1.165, 1.54) is 0 Å². The van der Waals surface area contributed by atoms with Crippen molar-refractivity contribution in [3.05, 3.63) is 27.9 Å². The number of carboxylic acids is 1. The largest absolute Gasteiger partial charge is 0.477 e. The number of hydrogen-bond donors (Lipinski definition) is 2. The van der Waals surface area contributed by atoms with Crippen LogP contribution in [0.3, 0.4) is 0 Å². The molecule has 88 valence electrons. The molecule has 1 aromatic heterocycles. The molecule has 0 aliphatic rings. The minimum atomic E-state index is -1.26. The Labute approximate surface area is 97.3 Å². The van der Waals surface area contributed by atoms with Crippen molar-refractivity contribution in [3.8, 4) is 0 Å². The fourth-order valence-corrected chi connectivity index (χ4v) is 1.66. The van der Waals surface area contributed by atoms with Crippen molar-refractivity contribution in [3.63, 3.8) is 0 Å². The molecule has 0 radical (unpaired) electrons. The number of carbonyl (C=O) groups is 1. The van der Waals surface area contributed by atoms with E-state index in [-0.39, 0.29) is 10.3 Å². The zero-order chi connectivity index (χ0) is 12.3. The fourth-order valence-electron chi connectivity index (χ4n) is 0.942. The Hall–Kier alpha value is -1.30. The summed E-state index contributed by atoms with van der Waals surface area (Å²) in [6.07, 6.45) is 1.10. The number of aromatic carboxylic acids is 1. The Morgan fingerprint density at radius 3 is 2.62 bits per heavy atom. The van der Waals surface area contributed by atoms with Crippen LogP contribution in [-0.2, 0) is 5.75 Å². The van der Waals surface area contributed by atoms with Gasteiger partial charge in [0.25, 0.3) is 5.56 Å². The lowest BCUT2D eigenvalue weighted by molar-refractivity contribution is 0.0694. The first-order chi connectivity index (χ1) is 7.29. The first-order valence-electron chi connectivity index (χ1n) is 4.75. The van der Waals surface area contributed by atoms with Crippen molar-refractivity contribution in [2.75, 3.05) is 0 Å². The van der Waals surface area contributed by atoms with Gasteiger partial charge in [0.15, 0.2) is 0 Å². The maximum atomic E-state index is 11.3. The predicted octanol–water partition coefficient (Wildman–Crippen LogP) is 1.50. The summed E-state index contributed by atoms with van der Waals surface area (Å²) in [7, 11) is 0. The standard InChI is InChI=1S/C10H14N2O3S/c1-10(2,3)16-5-7-11-4-6(9(14)15)8(13)12-7/h4H,5H2,1-3H3,(H,14,15)(H,11,12,13). The molecule has 0 amide bonds. The van der Waals surface area contributed by atoms with Crippen LogP contribution >= 0.6 is 11.8 Å².